The van der Waals surface area contributed by atoms with Gasteiger partial charge in [-0.3, -0.25) is 14.7 Å². The summed E-state index contributed by atoms with van der Waals surface area (Å²) in [5.74, 6) is -0.106. The normalized spacial score (nSPS) is 16.0. The molecule has 0 aliphatic carbocycles. The summed E-state index contributed by atoms with van der Waals surface area (Å²) in [6.45, 7) is 6.18. The van der Waals surface area contributed by atoms with E-state index in [4.69, 9.17) is 4.74 Å². The molecule has 1 aliphatic rings. The van der Waals surface area contributed by atoms with E-state index in [9.17, 15) is 9.90 Å². The van der Waals surface area contributed by atoms with Gasteiger partial charge < -0.3 is 9.84 Å². The van der Waals surface area contributed by atoms with E-state index in [-0.39, 0.29) is 11.7 Å². The van der Waals surface area contributed by atoms with Crippen LogP contribution in [0, 0.1) is 0 Å². The molecule has 1 aromatic heterocycles. The van der Waals surface area contributed by atoms with Crippen LogP contribution >= 0.6 is 0 Å². The molecule has 3 rings (SSSR count). The lowest BCUT2D eigenvalue weighted by molar-refractivity contribution is -0.128. The standard InChI is InChI=1S/C21H24N4O3/c1-2-4-17-5-3-6-18(20(17)26)15-23-24-21(27)19(16-7-9-22-10-8-16)25-11-13-28-14-12-25/h2-3,5-10,15,19,26H,1,4,11-14H2,(H,24,27)/b23-15+/t19-/m1/s1. The van der Waals surface area contributed by atoms with Crippen LogP contribution in [0.5, 0.6) is 5.75 Å². The van der Waals surface area contributed by atoms with Crippen LogP contribution in [0.1, 0.15) is 22.7 Å². The molecule has 7 nitrogen and oxygen atoms in total. The Labute approximate surface area is 164 Å². The first-order chi connectivity index (χ1) is 13.7. The number of carbonyl (C=O) groups is 1. The van der Waals surface area contributed by atoms with Gasteiger partial charge in [0.25, 0.3) is 5.91 Å². The van der Waals surface area contributed by atoms with Crippen molar-refractivity contribution in [2.75, 3.05) is 26.3 Å². The summed E-state index contributed by atoms with van der Waals surface area (Å²) in [6, 6.07) is 8.56. The van der Waals surface area contributed by atoms with Crippen molar-refractivity contribution < 1.29 is 14.6 Å². The van der Waals surface area contributed by atoms with Gasteiger partial charge in [-0.1, -0.05) is 18.2 Å². The van der Waals surface area contributed by atoms with Crippen molar-refractivity contribution in [3.05, 3.63) is 72.1 Å². The fourth-order valence-corrected chi connectivity index (χ4v) is 3.17. The lowest BCUT2D eigenvalue weighted by atomic mass is 10.1. The van der Waals surface area contributed by atoms with Crippen LogP contribution < -0.4 is 5.43 Å². The zero-order valence-corrected chi connectivity index (χ0v) is 15.6. The Kier molecular flexibility index (Phi) is 6.89. The number of phenolic OH excluding ortho intramolecular Hbond substituents is 1. The van der Waals surface area contributed by atoms with Crippen molar-refractivity contribution in [1.82, 2.24) is 15.3 Å². The first-order valence-electron chi connectivity index (χ1n) is 9.17. The molecule has 146 valence electrons. The van der Waals surface area contributed by atoms with Crippen LogP contribution in [0.4, 0.5) is 0 Å². The van der Waals surface area contributed by atoms with E-state index in [2.05, 4.69) is 27.0 Å². The number of hydrogen-bond donors (Lipinski definition) is 2. The number of rotatable bonds is 7. The Morgan fingerprint density at radius 2 is 2.07 bits per heavy atom. The zero-order valence-electron chi connectivity index (χ0n) is 15.6. The minimum Gasteiger partial charge on any atom is -0.507 e. The summed E-state index contributed by atoms with van der Waals surface area (Å²) in [7, 11) is 0. The van der Waals surface area contributed by atoms with Gasteiger partial charge >= 0.3 is 0 Å². The number of carbonyl (C=O) groups excluding carboxylic acids is 1. The number of allylic oxidation sites excluding steroid dienone is 1. The van der Waals surface area contributed by atoms with Gasteiger partial charge in [0, 0.05) is 31.0 Å². The molecule has 2 heterocycles. The average Bonchev–Trinajstić information content (AvgIpc) is 2.73. The second-order valence-corrected chi connectivity index (χ2v) is 6.41. The monoisotopic (exact) mass is 380 g/mol. The molecule has 1 aromatic carbocycles. The van der Waals surface area contributed by atoms with E-state index in [0.717, 1.165) is 11.1 Å². The minimum absolute atomic E-state index is 0.138. The highest BCUT2D eigenvalue weighted by Gasteiger charge is 2.28. The number of morpholine rings is 1. The van der Waals surface area contributed by atoms with Crippen molar-refractivity contribution >= 4 is 12.1 Å². The summed E-state index contributed by atoms with van der Waals surface area (Å²) >= 11 is 0. The van der Waals surface area contributed by atoms with Crippen LogP contribution in [-0.2, 0) is 16.0 Å². The van der Waals surface area contributed by atoms with E-state index in [1.165, 1.54) is 6.21 Å². The van der Waals surface area contributed by atoms with Gasteiger partial charge in [-0.15, -0.1) is 6.58 Å². The van der Waals surface area contributed by atoms with Gasteiger partial charge in [-0.05, 0) is 35.7 Å². The number of phenols is 1. The number of nitrogens with one attached hydrogen (secondary N) is 1. The summed E-state index contributed by atoms with van der Waals surface area (Å²) in [5.41, 5.74) is 4.74. The molecular formula is C21H24N4O3. The topological polar surface area (TPSA) is 87.1 Å². The summed E-state index contributed by atoms with van der Waals surface area (Å²) in [6.07, 6.45) is 7.06. The zero-order chi connectivity index (χ0) is 19.8. The number of pyridine rings is 1. The van der Waals surface area contributed by atoms with Crippen LogP contribution in [0.15, 0.2) is 60.5 Å². The lowest BCUT2D eigenvalue weighted by Crippen LogP contribution is -2.44. The highest BCUT2D eigenvalue weighted by Crippen LogP contribution is 2.23. The van der Waals surface area contributed by atoms with E-state index in [1.807, 2.05) is 24.3 Å². The second kappa shape index (κ2) is 9.77. The van der Waals surface area contributed by atoms with Gasteiger partial charge in [-0.2, -0.15) is 5.10 Å². The molecule has 0 radical (unpaired) electrons. The van der Waals surface area contributed by atoms with Gasteiger partial charge in [0.2, 0.25) is 0 Å². The third kappa shape index (κ3) is 4.82. The second-order valence-electron chi connectivity index (χ2n) is 6.41. The molecule has 1 atom stereocenters. The van der Waals surface area contributed by atoms with E-state index in [1.54, 1.807) is 24.5 Å². The molecule has 0 unspecified atom stereocenters. The number of nitrogens with zero attached hydrogens (tertiary/aromatic N) is 3. The van der Waals surface area contributed by atoms with E-state index >= 15 is 0 Å². The number of hydrogen-bond acceptors (Lipinski definition) is 6. The minimum atomic E-state index is -0.482. The van der Waals surface area contributed by atoms with Crippen molar-refractivity contribution in [1.29, 1.82) is 0 Å². The SMILES string of the molecule is C=CCc1cccc(/C=N/NC(=O)[C@@H](c2ccncc2)N2CCOCC2)c1O. The molecule has 1 saturated heterocycles. The molecule has 7 heteroatoms. The average molecular weight is 380 g/mol. The smallest absolute Gasteiger partial charge is 0.262 e. The third-order valence-electron chi connectivity index (χ3n) is 4.57. The number of para-hydroxylation sites is 1. The van der Waals surface area contributed by atoms with Crippen LogP contribution in [0.25, 0.3) is 0 Å². The Morgan fingerprint density at radius 1 is 1.32 bits per heavy atom. The summed E-state index contributed by atoms with van der Waals surface area (Å²) in [5, 5.41) is 14.4. The predicted molar refractivity (Wildman–Crippen MR) is 107 cm³/mol. The summed E-state index contributed by atoms with van der Waals surface area (Å²) < 4.78 is 5.40. The Hall–Kier alpha value is -3.03. The van der Waals surface area contributed by atoms with E-state index < -0.39 is 6.04 Å². The molecule has 0 bridgehead atoms. The number of hydrazone groups is 1. The van der Waals surface area contributed by atoms with E-state index in [0.29, 0.717) is 38.3 Å². The number of aromatic nitrogens is 1. The molecule has 0 saturated carbocycles. The lowest BCUT2D eigenvalue weighted by Gasteiger charge is -2.33. The first kappa shape index (κ1) is 19.7. The van der Waals surface area contributed by atoms with Crippen molar-refractivity contribution in [3.8, 4) is 5.75 Å². The van der Waals surface area contributed by atoms with Crippen molar-refractivity contribution in [2.24, 2.45) is 5.10 Å². The van der Waals surface area contributed by atoms with Gasteiger partial charge in [0.1, 0.15) is 11.8 Å². The van der Waals surface area contributed by atoms with Crippen molar-refractivity contribution in [3.63, 3.8) is 0 Å². The molecule has 2 N–H and O–H groups in total. The molecule has 1 aliphatic heterocycles. The Bertz CT molecular complexity index is 833. The highest BCUT2D eigenvalue weighted by atomic mass is 16.5. The van der Waals surface area contributed by atoms with Crippen molar-refractivity contribution in [2.45, 2.75) is 12.5 Å². The predicted octanol–water partition coefficient (Wildman–Crippen LogP) is 2.04. The number of amides is 1. The summed E-state index contributed by atoms with van der Waals surface area (Å²) in [4.78, 5) is 19.0. The largest absolute Gasteiger partial charge is 0.507 e. The third-order valence-corrected chi connectivity index (χ3v) is 4.57. The maximum absolute atomic E-state index is 12.9. The van der Waals surface area contributed by atoms with Gasteiger partial charge in [0.05, 0.1) is 19.4 Å². The molecular weight excluding hydrogens is 356 g/mol. The Balaban J connectivity index is 1.74. The van der Waals surface area contributed by atoms with Crippen LogP contribution in [-0.4, -0.2) is 53.4 Å². The van der Waals surface area contributed by atoms with Gasteiger partial charge in [-0.25, -0.2) is 5.43 Å². The molecule has 28 heavy (non-hydrogen) atoms. The highest BCUT2D eigenvalue weighted by molar-refractivity contribution is 5.87. The molecule has 0 spiro atoms. The number of aromatic hydroxyl groups is 1. The number of ether oxygens (including phenoxy) is 1. The quantitative estimate of drug-likeness (QED) is 0.436. The Morgan fingerprint density at radius 3 is 2.79 bits per heavy atom. The fourth-order valence-electron chi connectivity index (χ4n) is 3.17. The molecule has 1 fully saturated rings. The maximum atomic E-state index is 12.9. The fraction of sp³-hybridized carbons (Fsp3) is 0.286. The maximum Gasteiger partial charge on any atom is 0.262 e. The number of benzene rings is 1. The van der Waals surface area contributed by atoms with Crippen LogP contribution in [0.2, 0.25) is 0 Å². The molecule has 1 amide bonds. The van der Waals surface area contributed by atoms with Gasteiger partial charge in [0.15, 0.2) is 0 Å². The van der Waals surface area contributed by atoms with Crippen LogP contribution in [0.3, 0.4) is 0 Å². The first-order valence-corrected chi connectivity index (χ1v) is 9.17. The molecule has 2 aromatic rings.